The Labute approximate surface area is 243 Å². The quantitative estimate of drug-likeness (QED) is 0.383. The van der Waals surface area contributed by atoms with Gasteiger partial charge in [0, 0.05) is 40.6 Å². The highest BCUT2D eigenvalue weighted by Gasteiger charge is 2.53. The molecule has 3 unspecified atom stereocenters. The zero-order chi connectivity index (χ0) is 28.9. The van der Waals surface area contributed by atoms with Gasteiger partial charge in [-0.25, -0.2) is 8.42 Å². The molecule has 6 rings (SSSR count). The molecule has 2 bridgehead atoms. The van der Waals surface area contributed by atoms with Crippen LogP contribution in [0.1, 0.15) is 56.9 Å². The number of nitrogens with zero attached hydrogens (tertiary/aromatic N) is 3. The number of carbonyl (C=O) groups is 1. The molecule has 3 atom stereocenters. The molecule has 1 aliphatic carbocycles. The number of benzene rings is 2. The van der Waals surface area contributed by atoms with Crippen LogP contribution in [0.15, 0.2) is 53.6 Å². The SMILES string of the molecule is NC1CC2CCC(C1)N2C(=O)C(NS(=O)(=O)c1ccc2c(cnn2CC2CCCC2)c1)C(F)(F)c1ccc(Cl)cc1. The molecule has 0 spiro atoms. The summed E-state index contributed by atoms with van der Waals surface area (Å²) in [6, 6.07) is 6.18. The molecule has 3 fully saturated rings. The van der Waals surface area contributed by atoms with Gasteiger partial charge < -0.3 is 10.6 Å². The fourth-order valence-corrected chi connectivity index (χ4v) is 8.24. The highest BCUT2D eigenvalue weighted by atomic mass is 35.5. The number of sulfonamides is 1. The van der Waals surface area contributed by atoms with Crippen LogP contribution >= 0.6 is 11.6 Å². The maximum absolute atomic E-state index is 16.1. The van der Waals surface area contributed by atoms with E-state index in [1.807, 2.05) is 4.68 Å². The van der Waals surface area contributed by atoms with E-state index < -0.39 is 33.5 Å². The monoisotopic (exact) mass is 605 g/mol. The minimum Gasteiger partial charge on any atom is -0.335 e. The van der Waals surface area contributed by atoms with Gasteiger partial charge in [-0.1, -0.05) is 36.6 Å². The molecule has 2 aliphatic heterocycles. The number of nitrogens with two attached hydrogens (primary N) is 1. The Morgan fingerprint density at radius 3 is 2.39 bits per heavy atom. The van der Waals surface area contributed by atoms with Crippen LogP contribution < -0.4 is 10.5 Å². The minimum absolute atomic E-state index is 0.121. The summed E-state index contributed by atoms with van der Waals surface area (Å²) in [6.45, 7) is 0.750. The molecule has 1 saturated carbocycles. The molecule has 12 heteroatoms. The number of nitrogens with one attached hydrogen (secondary N) is 1. The van der Waals surface area contributed by atoms with Gasteiger partial charge in [0.2, 0.25) is 15.9 Å². The van der Waals surface area contributed by atoms with Crippen molar-refractivity contribution in [3.63, 3.8) is 0 Å². The number of rotatable bonds is 8. The van der Waals surface area contributed by atoms with Crippen molar-refractivity contribution in [2.45, 2.75) is 92.9 Å². The third kappa shape index (κ3) is 5.49. The number of hydrogen-bond acceptors (Lipinski definition) is 5. The van der Waals surface area contributed by atoms with Crippen molar-refractivity contribution < 1.29 is 22.0 Å². The molecule has 41 heavy (non-hydrogen) atoms. The molecule has 8 nitrogen and oxygen atoms in total. The van der Waals surface area contributed by atoms with Crippen LogP contribution in [0.2, 0.25) is 5.02 Å². The van der Waals surface area contributed by atoms with Crippen LogP contribution in [-0.4, -0.2) is 53.2 Å². The van der Waals surface area contributed by atoms with Gasteiger partial charge in [-0.05, 0) is 74.8 Å². The topological polar surface area (TPSA) is 110 Å². The van der Waals surface area contributed by atoms with Crippen molar-refractivity contribution >= 4 is 38.4 Å². The lowest BCUT2D eigenvalue weighted by Crippen LogP contribution is -2.60. The summed E-state index contributed by atoms with van der Waals surface area (Å²) in [7, 11) is -4.54. The largest absolute Gasteiger partial charge is 0.335 e. The van der Waals surface area contributed by atoms with E-state index in [2.05, 4.69) is 9.82 Å². The second-order valence-corrected chi connectivity index (χ2v) is 13.9. The highest BCUT2D eigenvalue weighted by Crippen LogP contribution is 2.40. The number of hydrogen-bond donors (Lipinski definition) is 2. The van der Waals surface area contributed by atoms with Gasteiger partial charge in [0.15, 0.2) is 6.04 Å². The fraction of sp³-hybridized carbons (Fsp3) is 0.517. The molecule has 3 aromatic rings. The Morgan fingerprint density at radius 1 is 1.07 bits per heavy atom. The highest BCUT2D eigenvalue weighted by molar-refractivity contribution is 7.89. The van der Waals surface area contributed by atoms with Crippen LogP contribution in [0.4, 0.5) is 8.78 Å². The number of aromatic nitrogens is 2. The van der Waals surface area contributed by atoms with Crippen molar-refractivity contribution in [1.29, 1.82) is 0 Å². The van der Waals surface area contributed by atoms with E-state index in [-0.39, 0.29) is 28.0 Å². The zero-order valence-corrected chi connectivity index (χ0v) is 24.1. The predicted octanol–water partition coefficient (Wildman–Crippen LogP) is 4.80. The molecular weight excluding hydrogens is 572 g/mol. The van der Waals surface area contributed by atoms with E-state index in [4.69, 9.17) is 17.3 Å². The first kappa shape index (κ1) is 28.5. The van der Waals surface area contributed by atoms with E-state index >= 15 is 8.78 Å². The molecular formula is C29H34ClF2N5O3S. The van der Waals surface area contributed by atoms with Gasteiger partial charge >= 0.3 is 0 Å². The number of carbonyl (C=O) groups excluding carboxylic acids is 1. The van der Waals surface area contributed by atoms with Crippen molar-refractivity contribution in [2.24, 2.45) is 11.7 Å². The van der Waals surface area contributed by atoms with Crippen molar-refractivity contribution in [1.82, 2.24) is 19.4 Å². The van der Waals surface area contributed by atoms with Crippen molar-refractivity contribution in [3.05, 3.63) is 59.2 Å². The lowest BCUT2D eigenvalue weighted by atomic mass is 9.95. The van der Waals surface area contributed by atoms with Crippen molar-refractivity contribution in [3.8, 4) is 0 Å². The second-order valence-electron chi connectivity index (χ2n) is 11.7. The first-order valence-electron chi connectivity index (χ1n) is 14.2. The molecule has 220 valence electrons. The van der Waals surface area contributed by atoms with E-state index in [1.54, 1.807) is 12.3 Å². The summed E-state index contributed by atoms with van der Waals surface area (Å²) in [5.41, 5.74) is 6.41. The van der Waals surface area contributed by atoms with Crippen molar-refractivity contribution in [2.75, 3.05) is 0 Å². The Balaban J connectivity index is 1.32. The number of halogens is 3. The third-order valence-electron chi connectivity index (χ3n) is 8.97. The molecule has 1 aromatic heterocycles. The molecule has 1 amide bonds. The summed E-state index contributed by atoms with van der Waals surface area (Å²) in [5, 5.41) is 5.28. The Morgan fingerprint density at radius 2 is 1.73 bits per heavy atom. The summed E-state index contributed by atoms with van der Waals surface area (Å²) in [4.78, 5) is 15.1. The molecule has 3 N–H and O–H groups in total. The average Bonchev–Trinajstić information content (AvgIpc) is 3.66. The first-order valence-corrected chi connectivity index (χ1v) is 16.1. The Kier molecular flexibility index (Phi) is 7.59. The number of amides is 1. The maximum atomic E-state index is 16.1. The van der Waals surface area contributed by atoms with Crippen LogP contribution in [0.3, 0.4) is 0 Å². The van der Waals surface area contributed by atoms with Gasteiger partial charge in [-0.3, -0.25) is 9.48 Å². The van der Waals surface area contributed by atoms with Crippen LogP contribution in [0, 0.1) is 5.92 Å². The first-order chi connectivity index (χ1) is 19.5. The lowest BCUT2D eigenvalue weighted by Gasteiger charge is -2.41. The van der Waals surface area contributed by atoms with E-state index in [1.165, 1.54) is 42.0 Å². The molecule has 2 aromatic carbocycles. The minimum atomic E-state index is -4.54. The van der Waals surface area contributed by atoms with E-state index in [0.717, 1.165) is 37.0 Å². The lowest BCUT2D eigenvalue weighted by molar-refractivity contribution is -0.149. The van der Waals surface area contributed by atoms with Gasteiger partial charge in [-0.2, -0.15) is 18.6 Å². The maximum Gasteiger partial charge on any atom is 0.298 e. The zero-order valence-electron chi connectivity index (χ0n) is 22.6. The fourth-order valence-electron chi connectivity index (χ4n) is 6.88. The van der Waals surface area contributed by atoms with Gasteiger partial charge in [0.05, 0.1) is 16.6 Å². The van der Waals surface area contributed by atoms with Crippen LogP contribution in [-0.2, 0) is 27.3 Å². The summed E-state index contributed by atoms with van der Waals surface area (Å²) in [5.74, 6) is -4.27. The molecule has 0 radical (unpaired) electrons. The number of piperidine rings is 1. The number of fused-ring (bicyclic) bond motifs is 3. The Bertz CT molecular complexity index is 1530. The number of alkyl halides is 2. The van der Waals surface area contributed by atoms with E-state index in [0.29, 0.717) is 37.0 Å². The predicted molar refractivity (Wildman–Crippen MR) is 152 cm³/mol. The average molecular weight is 606 g/mol. The summed E-state index contributed by atoms with van der Waals surface area (Å²) >= 11 is 5.92. The smallest absolute Gasteiger partial charge is 0.298 e. The standard InChI is InChI=1S/C29H34ClF2N5O3S/c30-21-7-5-20(6-8-21)29(31,32)27(28(38)37-23-9-10-24(37)15-22(33)14-23)35-41(39,40)25-11-12-26-19(13-25)16-34-36(26)17-18-3-1-2-4-18/h5-8,11-13,16,18,22-24,27,35H,1-4,9-10,14-15,17,33H2. The van der Waals surface area contributed by atoms with Gasteiger partial charge in [0.25, 0.3) is 5.92 Å². The molecule has 3 heterocycles. The van der Waals surface area contributed by atoms with Gasteiger partial charge in [-0.15, -0.1) is 0 Å². The van der Waals surface area contributed by atoms with E-state index in [9.17, 15) is 13.2 Å². The van der Waals surface area contributed by atoms with Crippen LogP contribution in [0.25, 0.3) is 10.9 Å². The summed E-state index contributed by atoms with van der Waals surface area (Å²) in [6.07, 6.45) is 8.55. The molecule has 3 aliphatic rings. The Hall–Kier alpha value is -2.60. The normalized spacial score (nSPS) is 24.3. The molecule has 2 saturated heterocycles. The van der Waals surface area contributed by atoms with Crippen LogP contribution in [0.5, 0.6) is 0 Å². The summed E-state index contributed by atoms with van der Waals surface area (Å²) < 4.78 is 63.6. The van der Waals surface area contributed by atoms with Gasteiger partial charge in [0.1, 0.15) is 0 Å². The third-order valence-corrected chi connectivity index (χ3v) is 10.6. The second kappa shape index (κ2) is 10.9.